The zero-order valence-electron chi connectivity index (χ0n) is 8.39. The van der Waals surface area contributed by atoms with Gasteiger partial charge in [0.2, 0.25) is 6.29 Å². The first-order chi connectivity index (χ1) is 7.28. The van der Waals surface area contributed by atoms with Crippen molar-refractivity contribution in [1.29, 1.82) is 0 Å². The third-order valence-corrected chi connectivity index (χ3v) is 2.52. The lowest BCUT2D eigenvalue weighted by Gasteiger charge is -2.42. The van der Waals surface area contributed by atoms with Gasteiger partial charge in [0.1, 0.15) is 0 Å². The molecular weight excluding hydrogens is 200 g/mol. The highest BCUT2D eigenvalue weighted by molar-refractivity contribution is 5.53. The maximum atomic E-state index is 10.4. The molecule has 2 aliphatic heterocycles. The van der Waals surface area contributed by atoms with Gasteiger partial charge in [-0.25, -0.2) is 0 Å². The Bertz CT molecular complexity index is 207. The normalized spacial score (nSPS) is 41.3. The van der Waals surface area contributed by atoms with Crippen molar-refractivity contribution < 1.29 is 23.7 Å². The lowest BCUT2D eigenvalue weighted by Crippen LogP contribution is -2.52. The summed E-state index contributed by atoms with van der Waals surface area (Å²) in [6.07, 6.45) is 1.16. The molecule has 0 N–H and O–H groups in total. The SMILES string of the molecule is C=CC1OCC2(CO1)COC(C=O)OC2. The lowest BCUT2D eigenvalue weighted by molar-refractivity contribution is -0.283. The van der Waals surface area contributed by atoms with E-state index >= 15 is 0 Å². The van der Waals surface area contributed by atoms with Crippen LogP contribution in [-0.2, 0) is 23.7 Å². The van der Waals surface area contributed by atoms with Gasteiger partial charge in [0.15, 0.2) is 12.6 Å². The van der Waals surface area contributed by atoms with E-state index in [1.54, 1.807) is 6.08 Å². The van der Waals surface area contributed by atoms with Crippen molar-refractivity contribution in [3.63, 3.8) is 0 Å². The fourth-order valence-electron chi connectivity index (χ4n) is 1.60. The average Bonchev–Trinajstić information content (AvgIpc) is 2.31. The second-order valence-corrected chi connectivity index (χ2v) is 3.85. The molecule has 0 aromatic heterocycles. The molecule has 0 radical (unpaired) electrons. The first-order valence-corrected chi connectivity index (χ1v) is 4.82. The smallest absolute Gasteiger partial charge is 0.214 e. The highest BCUT2D eigenvalue weighted by Crippen LogP contribution is 2.29. The molecule has 0 atom stereocenters. The first kappa shape index (κ1) is 10.8. The third kappa shape index (κ3) is 2.26. The van der Waals surface area contributed by atoms with E-state index in [4.69, 9.17) is 18.9 Å². The van der Waals surface area contributed by atoms with Crippen LogP contribution in [0, 0.1) is 5.41 Å². The first-order valence-electron chi connectivity index (χ1n) is 4.82. The van der Waals surface area contributed by atoms with E-state index in [0.29, 0.717) is 32.7 Å². The summed E-state index contributed by atoms with van der Waals surface area (Å²) in [7, 11) is 0. The van der Waals surface area contributed by atoms with Crippen LogP contribution < -0.4 is 0 Å². The highest BCUT2D eigenvalue weighted by Gasteiger charge is 2.41. The van der Waals surface area contributed by atoms with Gasteiger partial charge in [-0.1, -0.05) is 6.58 Å². The van der Waals surface area contributed by atoms with E-state index in [9.17, 15) is 4.79 Å². The summed E-state index contributed by atoms with van der Waals surface area (Å²) in [5, 5.41) is 0. The Morgan fingerprint density at radius 2 is 1.47 bits per heavy atom. The van der Waals surface area contributed by atoms with Crippen molar-refractivity contribution in [2.75, 3.05) is 26.4 Å². The molecule has 0 amide bonds. The predicted molar refractivity (Wildman–Crippen MR) is 50.1 cm³/mol. The van der Waals surface area contributed by atoms with Gasteiger partial charge >= 0.3 is 0 Å². The molecule has 0 aromatic carbocycles. The molecule has 84 valence electrons. The number of aldehydes is 1. The van der Waals surface area contributed by atoms with Crippen molar-refractivity contribution in [1.82, 2.24) is 0 Å². The van der Waals surface area contributed by atoms with E-state index in [0.717, 1.165) is 0 Å². The van der Waals surface area contributed by atoms with Gasteiger partial charge in [-0.3, -0.25) is 4.79 Å². The number of carbonyl (C=O) groups excluding carboxylic acids is 1. The molecular formula is C10H14O5. The maximum absolute atomic E-state index is 10.4. The minimum atomic E-state index is -0.743. The Morgan fingerprint density at radius 3 is 1.87 bits per heavy atom. The third-order valence-electron chi connectivity index (χ3n) is 2.52. The van der Waals surface area contributed by atoms with Gasteiger partial charge in [-0.15, -0.1) is 0 Å². The van der Waals surface area contributed by atoms with Crippen molar-refractivity contribution in [3.05, 3.63) is 12.7 Å². The van der Waals surface area contributed by atoms with Gasteiger partial charge in [0, 0.05) is 0 Å². The van der Waals surface area contributed by atoms with Crippen LogP contribution in [0.15, 0.2) is 12.7 Å². The molecule has 0 aromatic rings. The molecule has 5 heteroatoms. The molecule has 0 unspecified atom stereocenters. The van der Waals surface area contributed by atoms with Crippen LogP contribution in [0.25, 0.3) is 0 Å². The summed E-state index contributed by atoms with van der Waals surface area (Å²) >= 11 is 0. The molecule has 2 rings (SSSR count). The summed E-state index contributed by atoms with van der Waals surface area (Å²) in [5.41, 5.74) is -0.279. The molecule has 1 spiro atoms. The molecule has 2 fully saturated rings. The largest absolute Gasteiger partial charge is 0.348 e. The summed E-state index contributed by atoms with van der Waals surface area (Å²) in [6.45, 7) is 5.41. The highest BCUT2D eigenvalue weighted by atomic mass is 16.7. The molecule has 2 saturated heterocycles. The molecule has 2 aliphatic rings. The Morgan fingerprint density at radius 1 is 1.00 bits per heavy atom. The zero-order valence-corrected chi connectivity index (χ0v) is 8.39. The number of hydrogen-bond acceptors (Lipinski definition) is 5. The predicted octanol–water partition coefficient (Wildman–Crippen LogP) is 0.103. The van der Waals surface area contributed by atoms with Crippen LogP contribution in [0.1, 0.15) is 0 Å². The zero-order chi connectivity index (χ0) is 10.7. The fraction of sp³-hybridized carbons (Fsp3) is 0.700. The molecule has 15 heavy (non-hydrogen) atoms. The van der Waals surface area contributed by atoms with Crippen LogP contribution in [-0.4, -0.2) is 45.3 Å². The second-order valence-electron chi connectivity index (χ2n) is 3.85. The molecule has 0 bridgehead atoms. The number of carbonyl (C=O) groups is 1. The van der Waals surface area contributed by atoms with E-state index in [1.807, 2.05) is 0 Å². The van der Waals surface area contributed by atoms with E-state index < -0.39 is 6.29 Å². The van der Waals surface area contributed by atoms with E-state index in [1.165, 1.54) is 0 Å². The molecule has 2 heterocycles. The van der Waals surface area contributed by atoms with Gasteiger partial charge in [0.05, 0.1) is 31.8 Å². The van der Waals surface area contributed by atoms with Crippen LogP contribution in [0.5, 0.6) is 0 Å². The molecule has 0 saturated carbocycles. The number of rotatable bonds is 2. The van der Waals surface area contributed by atoms with Crippen molar-refractivity contribution in [2.45, 2.75) is 12.6 Å². The van der Waals surface area contributed by atoms with Crippen LogP contribution in [0.2, 0.25) is 0 Å². The minimum Gasteiger partial charge on any atom is -0.348 e. The Hall–Kier alpha value is -0.750. The van der Waals surface area contributed by atoms with Gasteiger partial charge in [-0.2, -0.15) is 0 Å². The summed E-state index contributed by atoms with van der Waals surface area (Å²) in [6, 6.07) is 0. The quantitative estimate of drug-likeness (QED) is 0.482. The van der Waals surface area contributed by atoms with E-state index in [-0.39, 0.29) is 11.7 Å². The Labute approximate surface area is 87.9 Å². The Kier molecular flexibility index (Phi) is 3.16. The minimum absolute atomic E-state index is 0.279. The van der Waals surface area contributed by atoms with Crippen LogP contribution in [0.3, 0.4) is 0 Å². The summed E-state index contributed by atoms with van der Waals surface area (Å²) < 4.78 is 21.2. The van der Waals surface area contributed by atoms with Crippen LogP contribution in [0.4, 0.5) is 0 Å². The standard InChI is InChI=1S/C10H14O5/c1-2-8-12-4-10(5-13-8)6-14-9(3-11)15-7-10/h2-3,8-9H,1,4-7H2. The summed E-state index contributed by atoms with van der Waals surface area (Å²) in [5.74, 6) is 0. The number of ether oxygens (including phenoxy) is 4. The average molecular weight is 214 g/mol. The van der Waals surface area contributed by atoms with Crippen LogP contribution >= 0.6 is 0 Å². The van der Waals surface area contributed by atoms with Gasteiger partial charge < -0.3 is 18.9 Å². The van der Waals surface area contributed by atoms with E-state index in [2.05, 4.69) is 6.58 Å². The number of hydrogen-bond donors (Lipinski definition) is 0. The Balaban J connectivity index is 1.88. The van der Waals surface area contributed by atoms with Gasteiger partial charge in [-0.05, 0) is 6.08 Å². The molecule has 5 nitrogen and oxygen atoms in total. The maximum Gasteiger partial charge on any atom is 0.214 e. The fourth-order valence-corrected chi connectivity index (χ4v) is 1.60. The van der Waals surface area contributed by atoms with Crippen molar-refractivity contribution in [2.24, 2.45) is 5.41 Å². The van der Waals surface area contributed by atoms with Crippen molar-refractivity contribution in [3.8, 4) is 0 Å². The lowest BCUT2D eigenvalue weighted by atomic mass is 9.91. The van der Waals surface area contributed by atoms with Crippen molar-refractivity contribution >= 4 is 6.29 Å². The second kappa shape index (κ2) is 4.40. The topological polar surface area (TPSA) is 54.0 Å². The van der Waals surface area contributed by atoms with Gasteiger partial charge in [0.25, 0.3) is 0 Å². The summed E-state index contributed by atoms with van der Waals surface area (Å²) in [4.78, 5) is 10.4. The monoisotopic (exact) mass is 214 g/mol. The molecule has 0 aliphatic carbocycles.